The zero-order valence-corrected chi connectivity index (χ0v) is 14.8. The number of ether oxygens (including phenoxy) is 3. The fraction of sp³-hybridized carbons (Fsp3) is 0.250. The van der Waals surface area contributed by atoms with Gasteiger partial charge in [-0.05, 0) is 25.5 Å². The number of allylic oxidation sites excluding steroid dienone is 1. The highest BCUT2D eigenvalue weighted by molar-refractivity contribution is 6.11. The van der Waals surface area contributed by atoms with Gasteiger partial charge in [-0.25, -0.2) is 0 Å². The number of hydrogen-bond donors (Lipinski definition) is 1. The van der Waals surface area contributed by atoms with E-state index in [0.29, 0.717) is 16.9 Å². The molecule has 5 heteroatoms. The number of aromatic hydroxyl groups is 1. The molecule has 0 saturated heterocycles. The molecule has 0 aromatic heterocycles. The predicted molar refractivity (Wildman–Crippen MR) is 96.4 cm³/mol. The standard InChI is InChI=1S/C20H22O5/c1-13-18(22)17(16(21)11-10-15-8-6-5-7-9-15)20(24-4)14(2)19(13)25-12-23-3/h5-11,22H,12H2,1-4H3. The van der Waals surface area contributed by atoms with Gasteiger partial charge < -0.3 is 19.3 Å². The topological polar surface area (TPSA) is 65.0 Å². The van der Waals surface area contributed by atoms with E-state index < -0.39 is 0 Å². The summed E-state index contributed by atoms with van der Waals surface area (Å²) in [6, 6.07) is 9.45. The van der Waals surface area contributed by atoms with Gasteiger partial charge in [0.1, 0.15) is 22.8 Å². The highest BCUT2D eigenvalue weighted by Crippen LogP contribution is 2.42. The molecule has 0 aliphatic carbocycles. The van der Waals surface area contributed by atoms with Gasteiger partial charge in [0.25, 0.3) is 0 Å². The van der Waals surface area contributed by atoms with Crippen molar-refractivity contribution >= 4 is 11.9 Å². The van der Waals surface area contributed by atoms with E-state index in [1.165, 1.54) is 20.3 Å². The maximum atomic E-state index is 12.7. The normalized spacial score (nSPS) is 10.9. The summed E-state index contributed by atoms with van der Waals surface area (Å²) in [4.78, 5) is 12.7. The van der Waals surface area contributed by atoms with E-state index in [2.05, 4.69) is 0 Å². The highest BCUT2D eigenvalue weighted by Gasteiger charge is 2.24. The van der Waals surface area contributed by atoms with Crippen LogP contribution in [0.25, 0.3) is 6.08 Å². The molecule has 1 N–H and O–H groups in total. The van der Waals surface area contributed by atoms with E-state index in [-0.39, 0.29) is 29.6 Å². The van der Waals surface area contributed by atoms with Gasteiger partial charge in [0, 0.05) is 18.2 Å². The van der Waals surface area contributed by atoms with E-state index in [4.69, 9.17) is 14.2 Å². The number of benzene rings is 2. The van der Waals surface area contributed by atoms with Crippen LogP contribution in [-0.2, 0) is 4.74 Å². The second-order valence-electron chi connectivity index (χ2n) is 5.50. The average Bonchev–Trinajstić information content (AvgIpc) is 2.63. The van der Waals surface area contributed by atoms with Gasteiger partial charge in [0.2, 0.25) is 0 Å². The summed E-state index contributed by atoms with van der Waals surface area (Å²) in [5.41, 5.74) is 2.11. The Morgan fingerprint density at radius 3 is 2.36 bits per heavy atom. The van der Waals surface area contributed by atoms with Gasteiger partial charge in [0.05, 0.1) is 7.11 Å². The Bertz CT molecular complexity index is 779. The first kappa shape index (κ1) is 18.5. The van der Waals surface area contributed by atoms with Crippen LogP contribution in [0.15, 0.2) is 36.4 Å². The average molecular weight is 342 g/mol. The summed E-state index contributed by atoms with van der Waals surface area (Å²) < 4.78 is 15.8. The smallest absolute Gasteiger partial charge is 0.193 e. The first-order valence-electron chi connectivity index (χ1n) is 7.80. The molecule has 0 heterocycles. The number of carbonyl (C=O) groups excluding carboxylic acids is 1. The fourth-order valence-electron chi connectivity index (χ4n) is 2.61. The number of methoxy groups -OCH3 is 2. The third-order valence-electron chi connectivity index (χ3n) is 3.84. The van der Waals surface area contributed by atoms with Crippen LogP contribution in [0.4, 0.5) is 0 Å². The first-order chi connectivity index (χ1) is 12.0. The van der Waals surface area contributed by atoms with Crippen molar-refractivity contribution in [3.8, 4) is 17.2 Å². The SMILES string of the molecule is COCOc1c(C)c(O)c(C(=O)C=Cc2ccccc2)c(OC)c1C. The number of carbonyl (C=O) groups is 1. The van der Waals surface area contributed by atoms with Gasteiger partial charge in [-0.3, -0.25) is 4.79 Å². The lowest BCUT2D eigenvalue weighted by molar-refractivity contribution is 0.0497. The Balaban J connectivity index is 2.46. The van der Waals surface area contributed by atoms with Gasteiger partial charge in [-0.15, -0.1) is 0 Å². The number of hydrogen-bond acceptors (Lipinski definition) is 5. The quantitative estimate of drug-likeness (QED) is 0.470. The predicted octanol–water partition coefficient (Wildman–Crippen LogP) is 3.90. The number of ketones is 1. The van der Waals surface area contributed by atoms with Crippen LogP contribution >= 0.6 is 0 Å². The van der Waals surface area contributed by atoms with Crippen molar-refractivity contribution in [3.05, 3.63) is 58.7 Å². The molecular formula is C20H22O5. The van der Waals surface area contributed by atoms with Crippen LogP contribution < -0.4 is 9.47 Å². The minimum Gasteiger partial charge on any atom is -0.507 e. The number of phenols is 1. The molecule has 0 saturated carbocycles. The molecule has 0 spiro atoms. The lowest BCUT2D eigenvalue weighted by Crippen LogP contribution is -2.08. The monoisotopic (exact) mass is 342 g/mol. The summed E-state index contributed by atoms with van der Waals surface area (Å²) in [6.45, 7) is 3.49. The van der Waals surface area contributed by atoms with Gasteiger partial charge in [0.15, 0.2) is 12.6 Å². The van der Waals surface area contributed by atoms with E-state index in [1.807, 2.05) is 30.3 Å². The molecule has 0 bridgehead atoms. The van der Waals surface area contributed by atoms with Crippen LogP contribution in [0.3, 0.4) is 0 Å². The third-order valence-corrected chi connectivity index (χ3v) is 3.84. The molecule has 2 aromatic carbocycles. The molecule has 0 unspecified atom stereocenters. The Labute approximate surface area is 147 Å². The van der Waals surface area contributed by atoms with Crippen LogP contribution in [0.5, 0.6) is 17.2 Å². The second kappa shape index (κ2) is 8.35. The second-order valence-corrected chi connectivity index (χ2v) is 5.50. The van der Waals surface area contributed by atoms with Gasteiger partial charge in [-0.1, -0.05) is 36.4 Å². The summed E-state index contributed by atoms with van der Waals surface area (Å²) in [5.74, 6) is 0.232. The number of phenolic OH excluding ortho intramolecular Hbond substituents is 1. The van der Waals surface area contributed by atoms with Gasteiger partial charge in [-0.2, -0.15) is 0 Å². The van der Waals surface area contributed by atoms with Crippen molar-refractivity contribution in [3.63, 3.8) is 0 Å². The molecule has 2 rings (SSSR count). The highest BCUT2D eigenvalue weighted by atomic mass is 16.7. The lowest BCUT2D eigenvalue weighted by Gasteiger charge is -2.18. The van der Waals surface area contributed by atoms with E-state index in [9.17, 15) is 9.90 Å². The molecule has 25 heavy (non-hydrogen) atoms. The van der Waals surface area contributed by atoms with Crippen molar-refractivity contribution in [2.75, 3.05) is 21.0 Å². The van der Waals surface area contributed by atoms with Crippen molar-refractivity contribution in [2.45, 2.75) is 13.8 Å². The fourth-order valence-corrected chi connectivity index (χ4v) is 2.61. The Morgan fingerprint density at radius 1 is 1.08 bits per heavy atom. The molecule has 0 amide bonds. The van der Waals surface area contributed by atoms with E-state index >= 15 is 0 Å². The van der Waals surface area contributed by atoms with Gasteiger partial charge >= 0.3 is 0 Å². The van der Waals surface area contributed by atoms with E-state index in [0.717, 1.165) is 5.56 Å². The molecule has 132 valence electrons. The molecule has 0 aliphatic rings. The number of rotatable bonds is 7. The van der Waals surface area contributed by atoms with Crippen molar-refractivity contribution in [1.29, 1.82) is 0 Å². The zero-order valence-electron chi connectivity index (χ0n) is 14.8. The van der Waals surface area contributed by atoms with Crippen LogP contribution in [0.1, 0.15) is 27.0 Å². The largest absolute Gasteiger partial charge is 0.507 e. The minimum absolute atomic E-state index is 0.0332. The molecule has 0 aliphatic heterocycles. The molecular weight excluding hydrogens is 320 g/mol. The molecule has 0 atom stereocenters. The first-order valence-corrected chi connectivity index (χ1v) is 7.80. The molecule has 2 aromatic rings. The van der Waals surface area contributed by atoms with Crippen LogP contribution in [0.2, 0.25) is 0 Å². The van der Waals surface area contributed by atoms with E-state index in [1.54, 1.807) is 19.9 Å². The van der Waals surface area contributed by atoms with Crippen molar-refractivity contribution in [2.24, 2.45) is 0 Å². The zero-order chi connectivity index (χ0) is 18.4. The molecule has 0 radical (unpaired) electrons. The molecule has 0 fully saturated rings. The molecule has 5 nitrogen and oxygen atoms in total. The summed E-state index contributed by atoms with van der Waals surface area (Å²) in [7, 11) is 2.96. The Morgan fingerprint density at radius 2 is 1.76 bits per heavy atom. The maximum Gasteiger partial charge on any atom is 0.193 e. The Hall–Kier alpha value is -2.79. The summed E-state index contributed by atoms with van der Waals surface area (Å²) in [6.07, 6.45) is 3.11. The Kier molecular flexibility index (Phi) is 6.19. The maximum absolute atomic E-state index is 12.7. The van der Waals surface area contributed by atoms with Crippen molar-refractivity contribution < 1.29 is 24.1 Å². The third kappa shape index (κ3) is 4.00. The minimum atomic E-state index is -0.345. The summed E-state index contributed by atoms with van der Waals surface area (Å²) in [5, 5.41) is 10.5. The summed E-state index contributed by atoms with van der Waals surface area (Å²) >= 11 is 0. The lowest BCUT2D eigenvalue weighted by atomic mass is 9.98. The van der Waals surface area contributed by atoms with Crippen LogP contribution in [-0.4, -0.2) is 31.9 Å². The van der Waals surface area contributed by atoms with Crippen LogP contribution in [0, 0.1) is 13.8 Å². The van der Waals surface area contributed by atoms with Crippen molar-refractivity contribution in [1.82, 2.24) is 0 Å².